The Morgan fingerprint density at radius 3 is 1.57 bits per heavy atom. The van der Waals surface area contributed by atoms with Crippen molar-refractivity contribution in [3.63, 3.8) is 0 Å². The number of urea groups is 2. The summed E-state index contributed by atoms with van der Waals surface area (Å²) in [6.07, 6.45) is 5.25. The normalized spacial score (nSPS) is 25.7. The van der Waals surface area contributed by atoms with Gasteiger partial charge in [-0.15, -0.1) is 0 Å². The summed E-state index contributed by atoms with van der Waals surface area (Å²) in [4.78, 5) is 58.5. The smallest absolute Gasteiger partial charge is 0.314 e. The first-order valence-electron chi connectivity index (χ1n) is 9.67. The highest BCUT2D eigenvalue weighted by atomic mass is 32.2. The third-order valence-electron chi connectivity index (χ3n) is 4.64. The molecule has 6 amide bonds. The van der Waals surface area contributed by atoms with Crippen molar-refractivity contribution in [2.45, 2.75) is 72.4 Å². The van der Waals surface area contributed by atoms with Gasteiger partial charge in [-0.05, 0) is 49.2 Å². The topological polar surface area (TPSA) is 155 Å². The molecule has 2 aliphatic rings. The molecule has 2 saturated heterocycles. The highest BCUT2D eigenvalue weighted by Gasteiger charge is 2.49. The predicted molar refractivity (Wildman–Crippen MR) is 109 cm³/mol. The first-order chi connectivity index (χ1) is 14.3. The molecule has 0 aromatic carbocycles. The Balaban J connectivity index is 1.83. The number of hydrogen-bond acceptors (Lipinski definition) is 9. The first-order valence-corrected chi connectivity index (χ1v) is 11.3. The zero-order valence-corrected chi connectivity index (χ0v) is 18.2. The van der Waals surface area contributed by atoms with Gasteiger partial charge in [0.05, 0.1) is 0 Å². The number of aromatic nitrogens is 3. The van der Waals surface area contributed by atoms with Crippen molar-refractivity contribution < 1.29 is 19.2 Å². The third kappa shape index (κ3) is 4.67. The second-order valence-electron chi connectivity index (χ2n) is 6.93. The molecule has 3 rings (SSSR count). The van der Waals surface area contributed by atoms with Gasteiger partial charge in [0.25, 0.3) is 11.8 Å². The summed E-state index contributed by atoms with van der Waals surface area (Å²) >= 11 is 2.07. The van der Waals surface area contributed by atoms with Gasteiger partial charge in [0.2, 0.25) is 0 Å². The van der Waals surface area contributed by atoms with Crippen LogP contribution < -0.4 is 21.3 Å². The van der Waals surface area contributed by atoms with Crippen molar-refractivity contribution in [3.05, 3.63) is 6.33 Å². The van der Waals surface area contributed by atoms with Crippen LogP contribution in [-0.2, 0) is 9.59 Å². The Hall–Kier alpha value is -2.41. The fourth-order valence-electron chi connectivity index (χ4n) is 3.08. The highest BCUT2D eigenvalue weighted by Crippen LogP contribution is 2.38. The molecule has 13 heteroatoms. The second kappa shape index (κ2) is 9.16. The lowest BCUT2D eigenvalue weighted by molar-refractivity contribution is -0.122. The third-order valence-corrected chi connectivity index (χ3v) is 7.08. The molecule has 2 unspecified atom stereocenters. The lowest BCUT2D eigenvalue weighted by Gasteiger charge is -2.25. The summed E-state index contributed by atoms with van der Waals surface area (Å²) in [5, 5.41) is 10.3. The van der Waals surface area contributed by atoms with Crippen molar-refractivity contribution in [1.82, 2.24) is 36.2 Å². The monoisotopic (exact) mass is 453 g/mol. The summed E-state index contributed by atoms with van der Waals surface area (Å²) < 4.78 is 0. The maximum absolute atomic E-state index is 12.4. The minimum absolute atomic E-state index is 0.233. The van der Waals surface area contributed by atoms with Gasteiger partial charge in [0.15, 0.2) is 20.1 Å². The Kier molecular flexibility index (Phi) is 6.81. The van der Waals surface area contributed by atoms with Crippen molar-refractivity contribution in [2.24, 2.45) is 0 Å². The molecule has 4 N–H and O–H groups in total. The van der Waals surface area contributed by atoms with E-state index in [9.17, 15) is 19.2 Å². The first kappa shape index (κ1) is 22.3. The van der Waals surface area contributed by atoms with E-state index in [1.165, 1.54) is 6.33 Å². The van der Waals surface area contributed by atoms with Crippen molar-refractivity contribution in [3.8, 4) is 0 Å². The minimum atomic E-state index is -1.20. The van der Waals surface area contributed by atoms with Crippen LogP contribution in [0.15, 0.2) is 16.6 Å². The summed E-state index contributed by atoms with van der Waals surface area (Å²) in [6, 6.07) is -1.12. The van der Waals surface area contributed by atoms with Gasteiger partial charge >= 0.3 is 12.1 Å². The van der Waals surface area contributed by atoms with E-state index in [1.54, 1.807) is 0 Å². The molecule has 0 spiro atoms. The average molecular weight is 454 g/mol. The van der Waals surface area contributed by atoms with Gasteiger partial charge < -0.3 is 10.6 Å². The molecule has 0 radical (unpaired) electrons. The molecule has 1 aromatic rings. The molecule has 2 aliphatic heterocycles. The van der Waals surface area contributed by atoms with Gasteiger partial charge in [0, 0.05) is 0 Å². The van der Waals surface area contributed by atoms with Crippen LogP contribution in [0, 0.1) is 0 Å². The van der Waals surface area contributed by atoms with E-state index < -0.39 is 33.6 Å². The van der Waals surface area contributed by atoms with E-state index in [1.807, 2.05) is 13.8 Å². The number of amides is 6. The molecule has 30 heavy (non-hydrogen) atoms. The number of hydrogen-bond donors (Lipinski definition) is 4. The van der Waals surface area contributed by atoms with Crippen LogP contribution in [-0.4, -0.2) is 48.6 Å². The minimum Gasteiger partial charge on any atom is -0.314 e. The van der Waals surface area contributed by atoms with Gasteiger partial charge in [-0.1, -0.05) is 26.7 Å². The van der Waals surface area contributed by atoms with Crippen molar-refractivity contribution in [1.29, 1.82) is 0 Å². The molecule has 162 valence electrons. The van der Waals surface area contributed by atoms with E-state index >= 15 is 0 Å². The van der Waals surface area contributed by atoms with Crippen LogP contribution in [0.3, 0.4) is 0 Å². The summed E-state index contributed by atoms with van der Waals surface area (Å²) in [5.41, 5.74) is 0. The van der Waals surface area contributed by atoms with E-state index in [-0.39, 0.29) is 10.3 Å². The number of carbonyl (C=O) groups is 4. The molecule has 2 fully saturated rings. The van der Waals surface area contributed by atoms with Gasteiger partial charge in [-0.2, -0.15) is 4.98 Å². The molecule has 0 bridgehead atoms. The fourth-order valence-corrected chi connectivity index (χ4v) is 5.29. The van der Waals surface area contributed by atoms with Crippen molar-refractivity contribution in [2.75, 3.05) is 0 Å². The zero-order chi connectivity index (χ0) is 21.8. The molecular formula is C17H23N7O4S2. The predicted octanol–water partition coefficient (Wildman–Crippen LogP) is 1.51. The Bertz CT molecular complexity index is 805. The van der Waals surface area contributed by atoms with Gasteiger partial charge in [0.1, 0.15) is 6.33 Å². The van der Waals surface area contributed by atoms with Gasteiger partial charge in [-0.3, -0.25) is 20.2 Å². The Morgan fingerprint density at radius 2 is 1.23 bits per heavy atom. The average Bonchev–Trinajstić information content (AvgIpc) is 3.13. The molecular weight excluding hydrogens is 430 g/mol. The molecule has 11 nitrogen and oxygen atoms in total. The maximum Gasteiger partial charge on any atom is 0.323 e. The number of nitrogens with zero attached hydrogens (tertiary/aromatic N) is 3. The number of rotatable bonds is 10. The number of thioether (sulfide) groups is 2. The van der Waals surface area contributed by atoms with E-state index in [4.69, 9.17) is 0 Å². The molecule has 1 aromatic heterocycles. The van der Waals surface area contributed by atoms with Crippen LogP contribution >= 0.6 is 23.5 Å². The lowest BCUT2D eigenvalue weighted by atomic mass is 10.1. The largest absolute Gasteiger partial charge is 0.323 e. The summed E-state index contributed by atoms with van der Waals surface area (Å²) in [7, 11) is 0. The van der Waals surface area contributed by atoms with E-state index in [2.05, 4.69) is 36.2 Å². The molecule has 3 heterocycles. The van der Waals surface area contributed by atoms with E-state index in [0.717, 1.165) is 49.2 Å². The fraction of sp³-hybridized carbons (Fsp3) is 0.588. The van der Waals surface area contributed by atoms with Crippen LogP contribution in [0.5, 0.6) is 0 Å². The molecule has 2 atom stereocenters. The van der Waals surface area contributed by atoms with Crippen LogP contribution in [0.4, 0.5) is 9.59 Å². The maximum atomic E-state index is 12.4. The molecule has 0 aliphatic carbocycles. The Labute approximate surface area is 181 Å². The van der Waals surface area contributed by atoms with Crippen LogP contribution in [0.25, 0.3) is 0 Å². The second-order valence-corrected chi connectivity index (χ2v) is 9.46. The highest BCUT2D eigenvalue weighted by molar-refractivity contribution is 8.02. The van der Waals surface area contributed by atoms with Crippen molar-refractivity contribution >= 4 is 47.4 Å². The summed E-state index contributed by atoms with van der Waals surface area (Å²) in [6.45, 7) is 3.98. The number of nitrogens with one attached hydrogen (secondary N) is 4. The van der Waals surface area contributed by atoms with Crippen LogP contribution in [0.1, 0.15) is 52.4 Å². The standard InChI is InChI=1S/C17H23N7O4S2/c1-3-5-7-16(10(25)20-12(27)23-16)29-14-18-9-19-15(22-14)30-17(8-6-4-2)11(26)21-13(28)24-17/h9H,3-8H2,1-2H3,(H2,20,23,25,27)(H2,21,24,26,28). The number of imide groups is 2. The van der Waals surface area contributed by atoms with E-state index in [0.29, 0.717) is 12.8 Å². The number of unbranched alkanes of at least 4 members (excludes halogenated alkanes) is 2. The SMILES string of the molecule is CCCCC1(Sc2ncnc(SC3(CCCC)NC(=O)NC3=O)n2)NC(=O)NC1=O. The Morgan fingerprint density at radius 1 is 0.800 bits per heavy atom. The molecule has 0 saturated carbocycles. The summed E-state index contributed by atoms with van der Waals surface area (Å²) in [5.74, 6) is -0.884. The zero-order valence-electron chi connectivity index (χ0n) is 16.6. The quantitative estimate of drug-likeness (QED) is 0.386. The lowest BCUT2D eigenvalue weighted by Crippen LogP contribution is -2.44. The van der Waals surface area contributed by atoms with Crippen LogP contribution in [0.2, 0.25) is 0 Å². The van der Waals surface area contributed by atoms with Gasteiger partial charge in [-0.25, -0.2) is 19.6 Å². The number of carbonyl (C=O) groups excluding carboxylic acids is 4.